The molecule has 2 rings (SSSR count). The van der Waals surface area contributed by atoms with Gasteiger partial charge >= 0.3 is 0 Å². The van der Waals surface area contributed by atoms with Gasteiger partial charge < -0.3 is 10.1 Å². The predicted molar refractivity (Wildman–Crippen MR) is 88.4 cm³/mol. The van der Waals surface area contributed by atoms with Crippen molar-refractivity contribution in [2.24, 2.45) is 0 Å². The third-order valence-corrected chi connectivity index (χ3v) is 3.34. The summed E-state index contributed by atoms with van der Waals surface area (Å²) >= 11 is 11.7. The Hall–Kier alpha value is -2.31. The molecule has 0 aliphatic heterocycles. The van der Waals surface area contributed by atoms with Crippen molar-refractivity contribution in [3.8, 4) is 5.75 Å². The number of nitrogens with zero attached hydrogens (tertiary/aromatic N) is 1. The topological polar surface area (TPSA) is 81.5 Å². The zero-order valence-corrected chi connectivity index (χ0v) is 13.5. The molecule has 1 amide bonds. The van der Waals surface area contributed by atoms with Gasteiger partial charge in [-0.25, -0.2) is 0 Å². The molecule has 0 radical (unpaired) electrons. The normalized spacial score (nSPS) is 10.2. The predicted octanol–water partition coefficient (Wildman–Crippen LogP) is 4.23. The Kier molecular flexibility index (Phi) is 5.41. The summed E-state index contributed by atoms with van der Waals surface area (Å²) in [6, 6.07) is 8.81. The monoisotopic (exact) mass is 354 g/mol. The standard InChI is InChI=1S/C15H12Cl2N2O4/c1-9-4-12(19(21)22)2-3-14(9)18-15(20)8-23-13-6-10(16)5-11(17)7-13/h2-7H,8H2,1H3,(H,18,20). The van der Waals surface area contributed by atoms with Crippen LogP contribution in [-0.4, -0.2) is 17.4 Å². The van der Waals surface area contributed by atoms with Crippen LogP contribution < -0.4 is 10.1 Å². The third-order valence-electron chi connectivity index (χ3n) is 2.90. The SMILES string of the molecule is Cc1cc([N+](=O)[O-])ccc1NC(=O)COc1cc(Cl)cc(Cl)c1. The lowest BCUT2D eigenvalue weighted by Gasteiger charge is -2.10. The molecule has 1 N–H and O–H groups in total. The summed E-state index contributed by atoms with van der Waals surface area (Å²) in [5, 5.41) is 14.1. The maximum Gasteiger partial charge on any atom is 0.269 e. The molecule has 0 fully saturated rings. The van der Waals surface area contributed by atoms with Gasteiger partial charge in [0, 0.05) is 27.9 Å². The highest BCUT2D eigenvalue weighted by Crippen LogP contribution is 2.24. The van der Waals surface area contributed by atoms with Gasteiger partial charge in [0.2, 0.25) is 0 Å². The van der Waals surface area contributed by atoms with Gasteiger partial charge in [0.15, 0.2) is 6.61 Å². The van der Waals surface area contributed by atoms with E-state index in [1.165, 1.54) is 30.3 Å². The van der Waals surface area contributed by atoms with Crippen molar-refractivity contribution in [1.82, 2.24) is 0 Å². The average molecular weight is 355 g/mol. The van der Waals surface area contributed by atoms with E-state index in [1.807, 2.05) is 0 Å². The smallest absolute Gasteiger partial charge is 0.269 e. The summed E-state index contributed by atoms with van der Waals surface area (Å²) in [5.74, 6) is -0.0314. The summed E-state index contributed by atoms with van der Waals surface area (Å²) in [6.45, 7) is 1.42. The first-order valence-electron chi connectivity index (χ1n) is 6.49. The van der Waals surface area contributed by atoms with Gasteiger partial charge in [-0.1, -0.05) is 23.2 Å². The molecule has 23 heavy (non-hydrogen) atoms. The van der Waals surface area contributed by atoms with Crippen molar-refractivity contribution in [3.05, 3.63) is 62.1 Å². The highest BCUT2D eigenvalue weighted by atomic mass is 35.5. The molecular formula is C15H12Cl2N2O4. The molecule has 0 aliphatic rings. The number of benzene rings is 2. The first-order chi connectivity index (χ1) is 10.8. The van der Waals surface area contributed by atoms with Crippen LogP contribution in [0.5, 0.6) is 5.75 Å². The van der Waals surface area contributed by atoms with E-state index in [4.69, 9.17) is 27.9 Å². The van der Waals surface area contributed by atoms with Crippen molar-refractivity contribution in [2.75, 3.05) is 11.9 Å². The van der Waals surface area contributed by atoms with Crippen LogP contribution in [0.15, 0.2) is 36.4 Å². The number of hydrogen-bond donors (Lipinski definition) is 1. The molecule has 0 bridgehead atoms. The number of nitrogens with one attached hydrogen (secondary N) is 1. The number of non-ortho nitro benzene ring substituents is 1. The largest absolute Gasteiger partial charge is 0.484 e. The maximum absolute atomic E-state index is 11.9. The molecule has 0 spiro atoms. The van der Waals surface area contributed by atoms with E-state index in [1.54, 1.807) is 13.0 Å². The Balaban J connectivity index is 1.98. The minimum absolute atomic E-state index is 0.0367. The third kappa shape index (κ3) is 4.84. The zero-order chi connectivity index (χ0) is 17.0. The maximum atomic E-state index is 11.9. The number of nitro groups is 1. The second-order valence-electron chi connectivity index (χ2n) is 4.70. The lowest BCUT2D eigenvalue weighted by Crippen LogP contribution is -2.20. The molecule has 0 saturated carbocycles. The fourth-order valence-electron chi connectivity index (χ4n) is 1.85. The number of rotatable bonds is 5. The van der Waals surface area contributed by atoms with Crippen LogP contribution in [0.1, 0.15) is 5.56 Å². The molecule has 8 heteroatoms. The van der Waals surface area contributed by atoms with E-state index < -0.39 is 10.8 Å². The quantitative estimate of drug-likeness (QED) is 0.643. The van der Waals surface area contributed by atoms with Crippen molar-refractivity contribution in [1.29, 1.82) is 0 Å². The lowest BCUT2D eigenvalue weighted by molar-refractivity contribution is -0.384. The van der Waals surface area contributed by atoms with E-state index in [0.29, 0.717) is 27.0 Å². The molecule has 0 aliphatic carbocycles. The molecule has 120 valence electrons. The van der Waals surface area contributed by atoms with Crippen LogP contribution in [0, 0.1) is 17.0 Å². The number of anilines is 1. The fourth-order valence-corrected chi connectivity index (χ4v) is 2.35. The summed E-state index contributed by atoms with van der Waals surface area (Å²) in [6.07, 6.45) is 0. The van der Waals surface area contributed by atoms with Crippen molar-refractivity contribution >= 4 is 40.5 Å². The van der Waals surface area contributed by atoms with Crippen LogP contribution >= 0.6 is 23.2 Å². The van der Waals surface area contributed by atoms with Gasteiger partial charge in [-0.15, -0.1) is 0 Å². The van der Waals surface area contributed by atoms with E-state index >= 15 is 0 Å². The minimum atomic E-state index is -0.495. The lowest BCUT2D eigenvalue weighted by atomic mass is 10.2. The van der Waals surface area contributed by atoms with Gasteiger partial charge in [0.1, 0.15) is 5.75 Å². The number of aryl methyl sites for hydroxylation is 1. The van der Waals surface area contributed by atoms with E-state index in [-0.39, 0.29) is 12.3 Å². The Morgan fingerprint density at radius 2 is 1.87 bits per heavy atom. The molecule has 0 unspecified atom stereocenters. The second-order valence-corrected chi connectivity index (χ2v) is 5.57. The number of halogens is 2. The Labute approximate surface area is 142 Å². The minimum Gasteiger partial charge on any atom is -0.484 e. The highest BCUT2D eigenvalue weighted by molar-refractivity contribution is 6.34. The van der Waals surface area contributed by atoms with Crippen molar-refractivity contribution in [2.45, 2.75) is 6.92 Å². The number of carbonyl (C=O) groups is 1. The number of ether oxygens (including phenoxy) is 1. The van der Waals surface area contributed by atoms with E-state index in [2.05, 4.69) is 5.32 Å². The molecule has 0 heterocycles. The van der Waals surface area contributed by atoms with Crippen molar-refractivity contribution < 1.29 is 14.5 Å². The van der Waals surface area contributed by atoms with E-state index in [9.17, 15) is 14.9 Å². The van der Waals surface area contributed by atoms with Crippen LogP contribution in [0.3, 0.4) is 0 Å². The van der Waals surface area contributed by atoms with Crippen LogP contribution in [0.4, 0.5) is 11.4 Å². The van der Waals surface area contributed by atoms with Gasteiger partial charge in [0.05, 0.1) is 4.92 Å². The molecule has 2 aromatic carbocycles. The summed E-state index contributed by atoms with van der Waals surface area (Å²) in [5.41, 5.74) is 1.02. The van der Waals surface area contributed by atoms with Gasteiger partial charge in [-0.3, -0.25) is 14.9 Å². The number of nitro benzene ring substituents is 1. The average Bonchev–Trinajstić information content (AvgIpc) is 2.46. The molecule has 6 nitrogen and oxygen atoms in total. The second kappa shape index (κ2) is 7.30. The van der Waals surface area contributed by atoms with Crippen LogP contribution in [0.25, 0.3) is 0 Å². The van der Waals surface area contributed by atoms with Gasteiger partial charge in [-0.05, 0) is 36.8 Å². The Morgan fingerprint density at radius 1 is 1.22 bits per heavy atom. The van der Waals surface area contributed by atoms with Gasteiger partial charge in [-0.2, -0.15) is 0 Å². The molecular weight excluding hydrogens is 343 g/mol. The fraction of sp³-hybridized carbons (Fsp3) is 0.133. The molecule has 0 saturated heterocycles. The summed E-state index contributed by atoms with van der Waals surface area (Å²) in [4.78, 5) is 22.1. The number of hydrogen-bond acceptors (Lipinski definition) is 4. The number of carbonyl (C=O) groups excluding carboxylic acids is 1. The highest BCUT2D eigenvalue weighted by Gasteiger charge is 2.11. The summed E-state index contributed by atoms with van der Waals surface area (Å²) in [7, 11) is 0. The molecule has 0 aromatic heterocycles. The van der Waals surface area contributed by atoms with Crippen LogP contribution in [-0.2, 0) is 4.79 Å². The first-order valence-corrected chi connectivity index (χ1v) is 7.24. The van der Waals surface area contributed by atoms with Gasteiger partial charge in [0.25, 0.3) is 11.6 Å². The van der Waals surface area contributed by atoms with E-state index in [0.717, 1.165) is 0 Å². The first kappa shape index (κ1) is 17.1. The zero-order valence-electron chi connectivity index (χ0n) is 12.0. The van der Waals surface area contributed by atoms with Crippen molar-refractivity contribution in [3.63, 3.8) is 0 Å². The Bertz CT molecular complexity index is 745. The summed E-state index contributed by atoms with van der Waals surface area (Å²) < 4.78 is 5.31. The van der Waals surface area contributed by atoms with Crippen LogP contribution in [0.2, 0.25) is 10.0 Å². The molecule has 0 atom stereocenters. The Morgan fingerprint density at radius 3 is 2.43 bits per heavy atom. The molecule has 2 aromatic rings. The number of amides is 1.